The molecule has 1 aromatic carbocycles. The largest absolute Gasteiger partial charge is 0.368 e. The summed E-state index contributed by atoms with van der Waals surface area (Å²) in [5, 5.41) is 11.0. The van der Waals surface area contributed by atoms with Gasteiger partial charge in [-0.25, -0.2) is 0 Å². The molecule has 2 N–H and O–H groups in total. The van der Waals surface area contributed by atoms with E-state index in [4.69, 9.17) is 9.52 Å². The molecule has 1 aliphatic rings. The second kappa shape index (κ2) is 9.26. The van der Waals surface area contributed by atoms with Crippen LogP contribution >= 0.6 is 15.9 Å². The number of halogens is 1. The van der Waals surface area contributed by atoms with Crippen LogP contribution in [-0.2, 0) is 6.42 Å². The van der Waals surface area contributed by atoms with E-state index in [-0.39, 0.29) is 0 Å². The lowest BCUT2D eigenvalue weighted by Gasteiger charge is -2.21. The van der Waals surface area contributed by atoms with E-state index in [1.54, 1.807) is 0 Å². The van der Waals surface area contributed by atoms with Crippen LogP contribution in [0.5, 0.6) is 0 Å². The summed E-state index contributed by atoms with van der Waals surface area (Å²) in [4.78, 5) is 7.16. The number of guanidine groups is 1. The van der Waals surface area contributed by atoms with Gasteiger partial charge in [0.2, 0.25) is 0 Å². The van der Waals surface area contributed by atoms with Crippen LogP contribution in [0.3, 0.4) is 0 Å². The molecule has 2 aromatic rings. The highest BCUT2D eigenvalue weighted by Crippen LogP contribution is 2.28. The number of benzene rings is 1. The number of rotatable bonds is 6. The molecule has 1 aliphatic heterocycles. The van der Waals surface area contributed by atoms with Gasteiger partial charge in [-0.1, -0.05) is 17.3 Å². The molecule has 0 amide bonds. The van der Waals surface area contributed by atoms with Crippen molar-refractivity contribution in [3.8, 4) is 0 Å². The van der Waals surface area contributed by atoms with Gasteiger partial charge in [-0.2, -0.15) is 0 Å². The molecule has 146 valence electrons. The quantitative estimate of drug-likeness (QED) is 0.539. The molecule has 1 unspecified atom stereocenters. The van der Waals surface area contributed by atoms with Gasteiger partial charge in [0.1, 0.15) is 5.76 Å². The maximum Gasteiger partial charge on any atom is 0.191 e. The fraction of sp³-hybridized carbons (Fsp3) is 0.500. The van der Waals surface area contributed by atoms with Gasteiger partial charge in [0.25, 0.3) is 0 Å². The van der Waals surface area contributed by atoms with Crippen molar-refractivity contribution >= 4 is 27.6 Å². The molecule has 1 fully saturated rings. The van der Waals surface area contributed by atoms with Crippen molar-refractivity contribution in [2.24, 2.45) is 4.99 Å². The van der Waals surface area contributed by atoms with Crippen LogP contribution in [0.2, 0.25) is 0 Å². The van der Waals surface area contributed by atoms with E-state index in [0.29, 0.717) is 12.6 Å². The Bertz CT molecular complexity index is 769. The van der Waals surface area contributed by atoms with Crippen molar-refractivity contribution in [3.05, 3.63) is 45.8 Å². The first kappa shape index (κ1) is 19.7. The normalized spacial score (nSPS) is 17.4. The minimum atomic E-state index is 0.383. The first-order valence-electron chi connectivity index (χ1n) is 9.54. The fourth-order valence-electron chi connectivity index (χ4n) is 3.46. The number of hydrogen-bond acceptors (Lipinski definition) is 4. The molecule has 1 atom stereocenters. The molecule has 1 saturated heterocycles. The molecule has 2 heterocycles. The summed E-state index contributed by atoms with van der Waals surface area (Å²) in [6.45, 7) is 9.59. The summed E-state index contributed by atoms with van der Waals surface area (Å²) in [5.74, 6) is 1.77. The van der Waals surface area contributed by atoms with E-state index in [1.165, 1.54) is 5.69 Å². The lowest BCUT2D eigenvalue weighted by atomic mass is 10.1. The molecule has 1 aromatic heterocycles. The predicted molar refractivity (Wildman–Crippen MR) is 114 cm³/mol. The maximum atomic E-state index is 5.23. The first-order valence-corrected chi connectivity index (χ1v) is 10.3. The maximum absolute atomic E-state index is 5.23. The van der Waals surface area contributed by atoms with Gasteiger partial charge in [-0.05, 0) is 61.7 Å². The van der Waals surface area contributed by atoms with E-state index >= 15 is 0 Å². The van der Waals surface area contributed by atoms with Crippen LogP contribution in [0.4, 0.5) is 5.69 Å². The van der Waals surface area contributed by atoms with Crippen LogP contribution < -0.4 is 15.5 Å². The number of nitrogens with zero attached hydrogens (tertiary/aromatic N) is 3. The zero-order valence-electron chi connectivity index (χ0n) is 16.3. The Labute approximate surface area is 169 Å². The standard InChI is InChI=1S/C20H28BrN5O/c1-4-22-20(23-11-9-17-14(2)25-27-15(17)3)24-16-10-12-26(13-16)19-8-6-5-7-18(19)21/h5-8,16H,4,9-13H2,1-3H3,(H2,22,23,24). The molecule has 27 heavy (non-hydrogen) atoms. The number of aryl methyl sites for hydroxylation is 2. The summed E-state index contributed by atoms with van der Waals surface area (Å²) in [6, 6.07) is 8.77. The first-order chi connectivity index (χ1) is 13.1. The smallest absolute Gasteiger partial charge is 0.191 e. The number of aliphatic imine (C=N–C) groups is 1. The highest BCUT2D eigenvalue weighted by Gasteiger charge is 2.24. The van der Waals surface area contributed by atoms with Gasteiger partial charge in [0, 0.05) is 42.3 Å². The van der Waals surface area contributed by atoms with Crippen molar-refractivity contribution in [2.45, 2.75) is 39.7 Å². The number of nitrogens with one attached hydrogen (secondary N) is 2. The SMILES string of the molecule is CCNC(=NCCc1c(C)noc1C)NC1CCN(c2ccccc2Br)C1. The summed E-state index contributed by atoms with van der Waals surface area (Å²) in [6.07, 6.45) is 1.93. The van der Waals surface area contributed by atoms with Crippen molar-refractivity contribution in [1.29, 1.82) is 0 Å². The van der Waals surface area contributed by atoms with Gasteiger partial charge in [0.15, 0.2) is 5.96 Å². The van der Waals surface area contributed by atoms with E-state index < -0.39 is 0 Å². The molecule has 0 bridgehead atoms. The minimum Gasteiger partial charge on any atom is -0.368 e. The average molecular weight is 434 g/mol. The number of aromatic nitrogens is 1. The zero-order chi connectivity index (χ0) is 19.2. The zero-order valence-corrected chi connectivity index (χ0v) is 17.8. The van der Waals surface area contributed by atoms with E-state index in [1.807, 2.05) is 19.9 Å². The predicted octanol–water partition coefficient (Wildman–Crippen LogP) is 3.43. The van der Waals surface area contributed by atoms with Gasteiger partial charge in [-0.3, -0.25) is 4.99 Å². The van der Waals surface area contributed by atoms with Crippen LogP contribution in [0.25, 0.3) is 0 Å². The van der Waals surface area contributed by atoms with Gasteiger partial charge < -0.3 is 20.1 Å². The highest BCUT2D eigenvalue weighted by atomic mass is 79.9. The topological polar surface area (TPSA) is 65.7 Å². The number of hydrogen-bond donors (Lipinski definition) is 2. The minimum absolute atomic E-state index is 0.383. The molecule has 3 rings (SSSR count). The summed E-state index contributed by atoms with van der Waals surface area (Å²) >= 11 is 3.66. The lowest BCUT2D eigenvalue weighted by molar-refractivity contribution is 0.392. The van der Waals surface area contributed by atoms with Crippen LogP contribution in [0.1, 0.15) is 30.4 Å². The van der Waals surface area contributed by atoms with Gasteiger partial charge >= 0.3 is 0 Å². The molecular formula is C20H28BrN5O. The van der Waals surface area contributed by atoms with Crippen molar-refractivity contribution in [2.75, 3.05) is 31.1 Å². The third kappa shape index (κ3) is 5.03. The molecule has 0 aliphatic carbocycles. The third-order valence-corrected chi connectivity index (χ3v) is 5.55. The van der Waals surface area contributed by atoms with E-state index in [2.05, 4.69) is 61.7 Å². The van der Waals surface area contributed by atoms with E-state index in [0.717, 1.165) is 59.9 Å². The molecular weight excluding hydrogens is 406 g/mol. The molecule has 0 saturated carbocycles. The summed E-state index contributed by atoms with van der Waals surface area (Å²) in [7, 11) is 0. The summed E-state index contributed by atoms with van der Waals surface area (Å²) < 4.78 is 6.38. The number of anilines is 1. The molecule has 6 nitrogen and oxygen atoms in total. The van der Waals surface area contributed by atoms with Gasteiger partial charge in [0.05, 0.1) is 11.4 Å². The Hall–Kier alpha value is -2.02. The molecule has 0 radical (unpaired) electrons. The van der Waals surface area contributed by atoms with Crippen molar-refractivity contribution < 1.29 is 4.52 Å². The lowest BCUT2D eigenvalue weighted by Crippen LogP contribution is -2.44. The Morgan fingerprint density at radius 1 is 1.37 bits per heavy atom. The van der Waals surface area contributed by atoms with E-state index in [9.17, 15) is 0 Å². The fourth-order valence-corrected chi connectivity index (χ4v) is 3.99. The Morgan fingerprint density at radius 3 is 2.89 bits per heavy atom. The number of para-hydroxylation sites is 1. The Morgan fingerprint density at radius 2 is 2.19 bits per heavy atom. The average Bonchev–Trinajstić information content (AvgIpc) is 3.23. The third-order valence-electron chi connectivity index (χ3n) is 4.88. The van der Waals surface area contributed by atoms with Crippen molar-refractivity contribution in [3.63, 3.8) is 0 Å². The second-order valence-corrected chi connectivity index (χ2v) is 7.70. The monoisotopic (exact) mass is 433 g/mol. The molecule has 7 heteroatoms. The molecule has 0 spiro atoms. The Kier molecular flexibility index (Phi) is 6.77. The van der Waals surface area contributed by atoms with Crippen LogP contribution in [-0.4, -0.2) is 43.3 Å². The van der Waals surface area contributed by atoms with Crippen LogP contribution in [0, 0.1) is 13.8 Å². The van der Waals surface area contributed by atoms with Gasteiger partial charge in [-0.15, -0.1) is 0 Å². The van der Waals surface area contributed by atoms with Crippen molar-refractivity contribution in [1.82, 2.24) is 15.8 Å². The second-order valence-electron chi connectivity index (χ2n) is 6.84. The highest BCUT2D eigenvalue weighted by molar-refractivity contribution is 9.10. The Balaban J connectivity index is 1.57. The summed E-state index contributed by atoms with van der Waals surface area (Å²) in [5.41, 5.74) is 3.37. The van der Waals surface area contributed by atoms with Crippen LogP contribution in [0.15, 0.2) is 38.3 Å².